The summed E-state index contributed by atoms with van der Waals surface area (Å²) in [6.07, 6.45) is 1.63. The van der Waals surface area contributed by atoms with Gasteiger partial charge in [0.05, 0.1) is 12.2 Å². The van der Waals surface area contributed by atoms with Crippen LogP contribution in [-0.4, -0.2) is 22.2 Å². The Kier molecular flexibility index (Phi) is 1.58. The highest BCUT2D eigenvalue weighted by molar-refractivity contribution is 5.80. The van der Waals surface area contributed by atoms with Crippen LogP contribution in [0.2, 0.25) is 0 Å². The summed E-state index contributed by atoms with van der Waals surface area (Å²) < 4.78 is 1.74. The van der Waals surface area contributed by atoms with E-state index in [9.17, 15) is 4.79 Å². The molecule has 5 nitrogen and oxygen atoms in total. The molecule has 0 aromatic carbocycles. The number of carbonyl (C=O) groups excluding carboxylic acids is 1. The van der Waals surface area contributed by atoms with Crippen molar-refractivity contribution in [3.63, 3.8) is 0 Å². The normalized spacial score (nSPS) is 22.8. The number of aromatic nitrogens is 2. The summed E-state index contributed by atoms with van der Waals surface area (Å²) in [5, 5.41) is 9.83. The molecule has 2 N–H and O–H groups in total. The van der Waals surface area contributed by atoms with Crippen LogP contribution in [0.3, 0.4) is 0 Å². The number of amides is 1. The molecule has 1 aromatic rings. The van der Waals surface area contributed by atoms with Crippen LogP contribution in [0.1, 0.15) is 11.9 Å². The zero-order valence-corrected chi connectivity index (χ0v) is 6.74. The molecule has 0 saturated carbocycles. The summed E-state index contributed by atoms with van der Waals surface area (Å²) in [6.45, 7) is 0.385. The van der Waals surface area contributed by atoms with Gasteiger partial charge in [-0.15, -0.1) is 0 Å². The van der Waals surface area contributed by atoms with Crippen LogP contribution in [0.15, 0.2) is 12.3 Å². The summed E-state index contributed by atoms with van der Waals surface area (Å²) in [6, 6.07) is 1.88. The number of hydrogen-bond acceptors (Lipinski definition) is 3. The Labute approximate surface area is 69.8 Å². The lowest BCUT2D eigenvalue weighted by molar-refractivity contribution is -0.118. The van der Waals surface area contributed by atoms with E-state index < -0.39 is 0 Å². The number of hydrogen-bond donors (Lipinski definition) is 2. The molecule has 1 aliphatic heterocycles. The molecule has 0 bridgehead atoms. The van der Waals surface area contributed by atoms with Crippen LogP contribution in [0.25, 0.3) is 0 Å². The third kappa shape index (κ3) is 1.08. The van der Waals surface area contributed by atoms with Gasteiger partial charge in [0.25, 0.3) is 0 Å². The van der Waals surface area contributed by atoms with E-state index in [1.54, 1.807) is 10.9 Å². The first-order valence-corrected chi connectivity index (χ1v) is 3.78. The SMILES string of the molecule is Cn1nccc1C1NCC(=O)N1. The maximum absolute atomic E-state index is 10.9. The molecule has 0 spiro atoms. The van der Waals surface area contributed by atoms with Gasteiger partial charge >= 0.3 is 0 Å². The third-order valence-corrected chi connectivity index (χ3v) is 1.93. The van der Waals surface area contributed by atoms with E-state index in [1.165, 1.54) is 0 Å². The monoisotopic (exact) mass is 166 g/mol. The largest absolute Gasteiger partial charge is 0.334 e. The van der Waals surface area contributed by atoms with E-state index in [0.29, 0.717) is 6.54 Å². The highest BCUT2D eigenvalue weighted by Gasteiger charge is 2.23. The topological polar surface area (TPSA) is 59.0 Å². The van der Waals surface area contributed by atoms with E-state index in [-0.39, 0.29) is 12.1 Å². The van der Waals surface area contributed by atoms with E-state index in [4.69, 9.17) is 0 Å². The smallest absolute Gasteiger partial charge is 0.235 e. The van der Waals surface area contributed by atoms with Gasteiger partial charge in [-0.05, 0) is 6.07 Å². The molecule has 1 amide bonds. The van der Waals surface area contributed by atoms with Crippen molar-refractivity contribution in [2.75, 3.05) is 6.54 Å². The molecule has 1 fully saturated rings. The first-order valence-electron chi connectivity index (χ1n) is 3.78. The molecule has 1 aliphatic rings. The van der Waals surface area contributed by atoms with Gasteiger partial charge < -0.3 is 5.32 Å². The minimum absolute atomic E-state index is 0.0289. The lowest BCUT2D eigenvalue weighted by Crippen LogP contribution is -2.25. The second-order valence-corrected chi connectivity index (χ2v) is 2.76. The lowest BCUT2D eigenvalue weighted by Gasteiger charge is -2.09. The zero-order valence-electron chi connectivity index (χ0n) is 6.74. The first kappa shape index (κ1) is 7.30. The molecule has 1 atom stereocenters. The molecule has 2 rings (SSSR count). The summed E-state index contributed by atoms with van der Waals surface area (Å²) in [4.78, 5) is 10.9. The molecule has 1 aromatic heterocycles. The van der Waals surface area contributed by atoms with Gasteiger partial charge in [0.2, 0.25) is 5.91 Å². The van der Waals surface area contributed by atoms with Gasteiger partial charge in [-0.1, -0.05) is 0 Å². The van der Waals surface area contributed by atoms with Crippen LogP contribution >= 0.6 is 0 Å². The minimum atomic E-state index is -0.0787. The van der Waals surface area contributed by atoms with E-state index in [0.717, 1.165) is 5.69 Å². The molecule has 1 saturated heterocycles. The second kappa shape index (κ2) is 2.60. The summed E-state index contributed by atoms with van der Waals surface area (Å²) >= 11 is 0. The Hall–Kier alpha value is -1.36. The average Bonchev–Trinajstić information content (AvgIpc) is 2.58. The predicted octanol–water partition coefficient (Wildman–Crippen LogP) is -0.862. The van der Waals surface area contributed by atoms with Gasteiger partial charge in [-0.25, -0.2) is 0 Å². The fraction of sp³-hybridized carbons (Fsp3) is 0.429. The molecule has 2 heterocycles. The van der Waals surface area contributed by atoms with Crippen molar-refractivity contribution < 1.29 is 4.79 Å². The number of nitrogens with one attached hydrogen (secondary N) is 2. The molecular weight excluding hydrogens is 156 g/mol. The average molecular weight is 166 g/mol. The van der Waals surface area contributed by atoms with Gasteiger partial charge in [-0.2, -0.15) is 5.10 Å². The molecule has 0 radical (unpaired) electrons. The van der Waals surface area contributed by atoms with Crippen molar-refractivity contribution in [2.24, 2.45) is 7.05 Å². The molecule has 0 aliphatic carbocycles. The maximum atomic E-state index is 10.9. The predicted molar refractivity (Wildman–Crippen MR) is 42.1 cm³/mol. The summed E-state index contributed by atoms with van der Waals surface area (Å²) in [7, 11) is 1.85. The second-order valence-electron chi connectivity index (χ2n) is 2.76. The van der Waals surface area contributed by atoms with Crippen LogP contribution in [-0.2, 0) is 11.8 Å². The van der Waals surface area contributed by atoms with Crippen molar-refractivity contribution >= 4 is 5.91 Å². The molecule has 5 heteroatoms. The van der Waals surface area contributed by atoms with Gasteiger partial charge in [-0.3, -0.25) is 14.8 Å². The van der Waals surface area contributed by atoms with Gasteiger partial charge in [0, 0.05) is 13.2 Å². The highest BCUT2D eigenvalue weighted by atomic mass is 16.2. The Morgan fingerprint density at radius 2 is 2.58 bits per heavy atom. The van der Waals surface area contributed by atoms with E-state index in [1.807, 2.05) is 13.1 Å². The van der Waals surface area contributed by atoms with Crippen molar-refractivity contribution in [1.29, 1.82) is 0 Å². The first-order chi connectivity index (χ1) is 5.77. The number of nitrogens with zero attached hydrogens (tertiary/aromatic N) is 2. The zero-order chi connectivity index (χ0) is 8.55. The molecule has 12 heavy (non-hydrogen) atoms. The van der Waals surface area contributed by atoms with Crippen molar-refractivity contribution in [1.82, 2.24) is 20.4 Å². The van der Waals surface area contributed by atoms with Crippen molar-refractivity contribution in [2.45, 2.75) is 6.17 Å². The quantitative estimate of drug-likeness (QED) is 0.570. The molecule has 1 unspecified atom stereocenters. The van der Waals surface area contributed by atoms with Crippen LogP contribution in [0, 0.1) is 0 Å². The fourth-order valence-electron chi connectivity index (χ4n) is 1.30. The van der Waals surface area contributed by atoms with E-state index in [2.05, 4.69) is 15.7 Å². The van der Waals surface area contributed by atoms with Crippen molar-refractivity contribution in [3.05, 3.63) is 18.0 Å². The van der Waals surface area contributed by atoms with Crippen LogP contribution in [0.5, 0.6) is 0 Å². The number of carbonyl (C=O) groups is 1. The van der Waals surface area contributed by atoms with Gasteiger partial charge in [0.15, 0.2) is 0 Å². The Morgan fingerprint density at radius 3 is 3.08 bits per heavy atom. The number of rotatable bonds is 1. The van der Waals surface area contributed by atoms with Crippen LogP contribution < -0.4 is 10.6 Å². The Balaban J connectivity index is 2.21. The summed E-state index contributed by atoms with van der Waals surface area (Å²) in [5.74, 6) is 0.0289. The summed E-state index contributed by atoms with van der Waals surface area (Å²) in [5.41, 5.74) is 0.973. The van der Waals surface area contributed by atoms with Crippen molar-refractivity contribution in [3.8, 4) is 0 Å². The van der Waals surface area contributed by atoms with Gasteiger partial charge in [0.1, 0.15) is 6.17 Å². The minimum Gasteiger partial charge on any atom is -0.334 e. The molecule has 64 valence electrons. The Morgan fingerprint density at radius 1 is 1.75 bits per heavy atom. The highest BCUT2D eigenvalue weighted by Crippen LogP contribution is 2.10. The van der Waals surface area contributed by atoms with E-state index >= 15 is 0 Å². The fourth-order valence-corrected chi connectivity index (χ4v) is 1.30. The maximum Gasteiger partial charge on any atom is 0.235 e. The van der Waals surface area contributed by atoms with Crippen LogP contribution in [0.4, 0.5) is 0 Å². The third-order valence-electron chi connectivity index (χ3n) is 1.93. The molecular formula is C7H10N4O. The number of aryl methyl sites for hydroxylation is 1. The lowest BCUT2D eigenvalue weighted by atomic mass is 10.3. The Bertz CT molecular complexity index is 306. The standard InChI is InChI=1S/C7H10N4O/c1-11-5(2-3-9-11)7-8-4-6(12)10-7/h2-3,7-8H,4H2,1H3,(H,10,12).